The second-order valence-corrected chi connectivity index (χ2v) is 4.93. The Labute approximate surface area is 138 Å². The summed E-state index contributed by atoms with van der Waals surface area (Å²) in [7, 11) is 1.57. The van der Waals surface area contributed by atoms with Crippen LogP contribution in [0.5, 0.6) is 5.75 Å². The molecule has 0 bridgehead atoms. The summed E-state index contributed by atoms with van der Waals surface area (Å²) >= 11 is 0. The number of carbonyl (C=O) groups is 3. The molecule has 3 amide bonds. The van der Waals surface area contributed by atoms with E-state index in [2.05, 4.69) is 10.6 Å². The van der Waals surface area contributed by atoms with Gasteiger partial charge in [0.1, 0.15) is 5.75 Å². The van der Waals surface area contributed by atoms with Gasteiger partial charge in [0.25, 0.3) is 0 Å². The molecule has 4 N–H and O–H groups in total. The number of anilines is 1. The zero-order chi connectivity index (χ0) is 17.5. The van der Waals surface area contributed by atoms with E-state index >= 15 is 0 Å². The molecule has 0 radical (unpaired) electrons. The molecular weight excluding hydrogens is 310 g/mol. The third-order valence-corrected chi connectivity index (χ3v) is 3.25. The predicted molar refractivity (Wildman–Crippen MR) is 88.4 cm³/mol. The van der Waals surface area contributed by atoms with Gasteiger partial charge in [0.2, 0.25) is 5.91 Å². The number of nitrogens with two attached hydrogens (primary N) is 1. The average Bonchev–Trinajstić information content (AvgIpc) is 2.60. The summed E-state index contributed by atoms with van der Waals surface area (Å²) in [5.74, 6) is -1.41. The fourth-order valence-corrected chi connectivity index (χ4v) is 1.91. The van der Waals surface area contributed by atoms with Crippen molar-refractivity contribution in [2.75, 3.05) is 12.4 Å². The molecule has 0 spiro atoms. The van der Waals surface area contributed by atoms with Gasteiger partial charge < -0.3 is 21.1 Å². The summed E-state index contributed by atoms with van der Waals surface area (Å²) in [4.78, 5) is 34.6. The molecule has 124 valence electrons. The largest absolute Gasteiger partial charge is 0.497 e. The molecule has 0 saturated carbocycles. The number of nitrogens with one attached hydrogen (secondary N) is 2. The number of carbonyl (C=O) groups excluding carboxylic acids is 3. The second kappa shape index (κ2) is 7.77. The van der Waals surface area contributed by atoms with Crippen molar-refractivity contribution >= 4 is 23.4 Å². The Morgan fingerprint density at radius 3 is 2.12 bits per heavy atom. The van der Waals surface area contributed by atoms with Crippen LogP contribution >= 0.6 is 0 Å². The Morgan fingerprint density at radius 2 is 1.58 bits per heavy atom. The van der Waals surface area contributed by atoms with Crippen molar-refractivity contribution in [3.63, 3.8) is 0 Å². The van der Waals surface area contributed by atoms with E-state index in [1.807, 2.05) is 0 Å². The van der Waals surface area contributed by atoms with Crippen LogP contribution in [-0.2, 0) is 16.1 Å². The Hall–Kier alpha value is -3.35. The highest BCUT2D eigenvalue weighted by Crippen LogP contribution is 2.11. The smallest absolute Gasteiger partial charge is 0.313 e. The van der Waals surface area contributed by atoms with Gasteiger partial charge in [0, 0.05) is 17.8 Å². The van der Waals surface area contributed by atoms with Crippen LogP contribution in [0.1, 0.15) is 15.9 Å². The van der Waals surface area contributed by atoms with Crippen molar-refractivity contribution in [1.82, 2.24) is 5.32 Å². The van der Waals surface area contributed by atoms with Gasteiger partial charge in [-0.15, -0.1) is 0 Å². The summed E-state index contributed by atoms with van der Waals surface area (Å²) < 4.78 is 5.04. The third kappa shape index (κ3) is 4.57. The quantitative estimate of drug-likeness (QED) is 0.713. The van der Waals surface area contributed by atoms with Gasteiger partial charge in [-0.1, -0.05) is 12.1 Å². The Morgan fingerprint density at radius 1 is 0.958 bits per heavy atom. The van der Waals surface area contributed by atoms with Gasteiger partial charge >= 0.3 is 11.8 Å². The van der Waals surface area contributed by atoms with Gasteiger partial charge in [0.15, 0.2) is 0 Å². The van der Waals surface area contributed by atoms with E-state index in [0.29, 0.717) is 17.0 Å². The Balaban J connectivity index is 1.87. The van der Waals surface area contributed by atoms with Crippen molar-refractivity contribution in [2.24, 2.45) is 5.73 Å². The highest BCUT2D eigenvalue weighted by Gasteiger charge is 2.13. The van der Waals surface area contributed by atoms with Crippen LogP contribution in [0.15, 0.2) is 48.5 Å². The van der Waals surface area contributed by atoms with E-state index < -0.39 is 17.7 Å². The average molecular weight is 327 g/mol. The van der Waals surface area contributed by atoms with Crippen molar-refractivity contribution in [1.29, 1.82) is 0 Å². The highest BCUT2D eigenvalue weighted by atomic mass is 16.5. The summed E-state index contributed by atoms with van der Waals surface area (Å²) in [6.07, 6.45) is 0. The lowest BCUT2D eigenvalue weighted by Crippen LogP contribution is -2.34. The molecule has 0 fully saturated rings. The first kappa shape index (κ1) is 17.0. The molecule has 2 aromatic carbocycles. The Kier molecular flexibility index (Phi) is 5.51. The van der Waals surface area contributed by atoms with Gasteiger partial charge in [-0.3, -0.25) is 14.4 Å². The highest BCUT2D eigenvalue weighted by molar-refractivity contribution is 6.39. The molecule has 0 atom stereocenters. The van der Waals surface area contributed by atoms with E-state index in [9.17, 15) is 14.4 Å². The van der Waals surface area contributed by atoms with E-state index in [1.165, 1.54) is 24.3 Å². The van der Waals surface area contributed by atoms with Crippen LogP contribution in [0.2, 0.25) is 0 Å². The van der Waals surface area contributed by atoms with E-state index in [0.717, 1.165) is 5.56 Å². The van der Waals surface area contributed by atoms with Crippen LogP contribution < -0.4 is 21.1 Å². The zero-order valence-electron chi connectivity index (χ0n) is 13.0. The van der Waals surface area contributed by atoms with Crippen molar-refractivity contribution in [3.05, 3.63) is 59.7 Å². The first-order valence-corrected chi connectivity index (χ1v) is 7.11. The number of ether oxygens (including phenoxy) is 1. The minimum atomic E-state index is -0.796. The minimum absolute atomic E-state index is 0.219. The minimum Gasteiger partial charge on any atom is -0.497 e. The molecule has 2 rings (SSSR count). The number of benzene rings is 2. The fourth-order valence-electron chi connectivity index (χ4n) is 1.91. The first-order chi connectivity index (χ1) is 11.5. The number of methoxy groups -OCH3 is 1. The van der Waals surface area contributed by atoms with Crippen molar-refractivity contribution in [2.45, 2.75) is 6.54 Å². The van der Waals surface area contributed by atoms with Crippen LogP contribution in [0.4, 0.5) is 5.69 Å². The van der Waals surface area contributed by atoms with Gasteiger partial charge in [-0.2, -0.15) is 0 Å². The topological polar surface area (TPSA) is 111 Å². The molecule has 7 heteroatoms. The molecule has 0 saturated heterocycles. The zero-order valence-corrected chi connectivity index (χ0v) is 13.0. The number of primary amides is 1. The monoisotopic (exact) mass is 327 g/mol. The van der Waals surface area contributed by atoms with Crippen LogP contribution in [0, 0.1) is 0 Å². The van der Waals surface area contributed by atoms with E-state index in [-0.39, 0.29) is 6.54 Å². The maximum atomic E-state index is 11.8. The molecule has 0 aromatic heterocycles. The van der Waals surface area contributed by atoms with Gasteiger partial charge in [0.05, 0.1) is 7.11 Å². The molecular formula is C17H17N3O4. The van der Waals surface area contributed by atoms with Crippen LogP contribution in [-0.4, -0.2) is 24.8 Å². The molecule has 2 aromatic rings. The molecule has 24 heavy (non-hydrogen) atoms. The molecule has 0 unspecified atom stereocenters. The molecule has 0 heterocycles. The number of hydrogen-bond acceptors (Lipinski definition) is 4. The summed E-state index contributed by atoms with van der Waals surface area (Å²) in [6.45, 7) is 0.219. The van der Waals surface area contributed by atoms with E-state index in [4.69, 9.17) is 10.5 Å². The lowest BCUT2D eigenvalue weighted by atomic mass is 10.2. The summed E-state index contributed by atoms with van der Waals surface area (Å²) in [6, 6.07) is 13.0. The maximum Gasteiger partial charge on any atom is 0.313 e. The number of hydrogen-bond donors (Lipinski definition) is 3. The van der Waals surface area contributed by atoms with Crippen molar-refractivity contribution < 1.29 is 19.1 Å². The standard InChI is InChI=1S/C17H17N3O4/c1-24-14-8-2-11(3-9-14)10-19-16(22)17(23)20-13-6-4-12(5-7-13)15(18)21/h2-9H,10H2,1H3,(H2,18,21)(H,19,22)(H,20,23). The second-order valence-electron chi connectivity index (χ2n) is 4.93. The lowest BCUT2D eigenvalue weighted by Gasteiger charge is -2.07. The lowest BCUT2D eigenvalue weighted by molar-refractivity contribution is -0.136. The van der Waals surface area contributed by atoms with Crippen molar-refractivity contribution in [3.8, 4) is 5.75 Å². The van der Waals surface area contributed by atoms with Gasteiger partial charge in [-0.05, 0) is 42.0 Å². The molecule has 0 aliphatic heterocycles. The fraction of sp³-hybridized carbons (Fsp3) is 0.118. The predicted octanol–water partition coefficient (Wildman–Crippen LogP) is 1.05. The third-order valence-electron chi connectivity index (χ3n) is 3.25. The number of amides is 3. The molecule has 0 aliphatic rings. The van der Waals surface area contributed by atoms with Gasteiger partial charge in [-0.25, -0.2) is 0 Å². The summed E-state index contributed by atoms with van der Waals surface area (Å²) in [5.41, 5.74) is 6.67. The van der Waals surface area contributed by atoms with Crippen LogP contribution in [0.25, 0.3) is 0 Å². The molecule has 0 aliphatic carbocycles. The van der Waals surface area contributed by atoms with Crippen LogP contribution in [0.3, 0.4) is 0 Å². The summed E-state index contributed by atoms with van der Waals surface area (Å²) in [5, 5.41) is 4.96. The Bertz CT molecular complexity index is 739. The van der Waals surface area contributed by atoms with E-state index in [1.54, 1.807) is 31.4 Å². The normalized spacial score (nSPS) is 9.88. The number of rotatable bonds is 5. The SMILES string of the molecule is COc1ccc(CNC(=O)C(=O)Nc2ccc(C(N)=O)cc2)cc1. The first-order valence-electron chi connectivity index (χ1n) is 7.11. The molecule has 7 nitrogen and oxygen atoms in total. The maximum absolute atomic E-state index is 11.8.